The smallest absolute Gasteiger partial charge is 0.330 e. The van der Waals surface area contributed by atoms with Gasteiger partial charge in [-0.2, -0.15) is 0 Å². The maximum Gasteiger partial charge on any atom is 0.330 e. The van der Waals surface area contributed by atoms with E-state index >= 15 is 0 Å². The minimum absolute atomic E-state index is 0.323. The zero-order chi connectivity index (χ0) is 11.5. The molecule has 2 rings (SSSR count). The SMILES string of the molecule is COC(=O)/C=C/c1ccc2c(c1)no[n+]2[O-]. The van der Waals surface area contributed by atoms with Gasteiger partial charge in [-0.1, -0.05) is 6.07 Å². The molecule has 0 radical (unpaired) electrons. The van der Waals surface area contributed by atoms with Crippen LogP contribution in [-0.2, 0) is 9.53 Å². The summed E-state index contributed by atoms with van der Waals surface area (Å²) in [5.41, 5.74) is 1.50. The van der Waals surface area contributed by atoms with Crippen molar-refractivity contribution in [1.82, 2.24) is 5.16 Å². The number of methoxy groups -OCH3 is 1. The summed E-state index contributed by atoms with van der Waals surface area (Å²) in [7, 11) is 1.30. The quantitative estimate of drug-likeness (QED) is 0.421. The van der Waals surface area contributed by atoms with E-state index < -0.39 is 5.97 Å². The molecule has 0 bridgehead atoms. The third-order valence-corrected chi connectivity index (χ3v) is 2.02. The Kier molecular flexibility index (Phi) is 2.55. The third kappa shape index (κ3) is 1.85. The fourth-order valence-corrected chi connectivity index (χ4v) is 1.23. The minimum atomic E-state index is -0.445. The summed E-state index contributed by atoms with van der Waals surface area (Å²) < 4.78 is 8.86. The summed E-state index contributed by atoms with van der Waals surface area (Å²) in [4.78, 5) is 11.2. The molecule has 82 valence electrons. The number of esters is 1. The van der Waals surface area contributed by atoms with Gasteiger partial charge in [0.1, 0.15) is 0 Å². The molecular weight excluding hydrogens is 212 g/mol. The number of rotatable bonds is 2. The van der Waals surface area contributed by atoms with Crippen molar-refractivity contribution >= 4 is 23.1 Å². The average Bonchev–Trinajstić information content (AvgIpc) is 2.67. The number of carbonyl (C=O) groups is 1. The Morgan fingerprint density at radius 1 is 1.62 bits per heavy atom. The molecule has 0 aliphatic heterocycles. The molecule has 1 aromatic carbocycles. The first kappa shape index (κ1) is 10.2. The van der Waals surface area contributed by atoms with E-state index in [1.54, 1.807) is 24.3 Å². The van der Waals surface area contributed by atoms with Crippen molar-refractivity contribution < 1.29 is 19.1 Å². The topological polar surface area (TPSA) is 79.3 Å². The molecule has 0 atom stereocenters. The lowest BCUT2D eigenvalue weighted by atomic mass is 10.2. The van der Waals surface area contributed by atoms with Crippen molar-refractivity contribution in [3.63, 3.8) is 0 Å². The van der Waals surface area contributed by atoms with Crippen LogP contribution in [0.25, 0.3) is 17.1 Å². The largest absolute Gasteiger partial charge is 0.466 e. The van der Waals surface area contributed by atoms with Gasteiger partial charge in [-0.05, 0) is 22.6 Å². The molecular formula is C10H8N2O4. The van der Waals surface area contributed by atoms with E-state index in [0.717, 1.165) is 5.56 Å². The zero-order valence-corrected chi connectivity index (χ0v) is 8.41. The maximum absolute atomic E-state index is 11.0. The summed E-state index contributed by atoms with van der Waals surface area (Å²) in [5, 5.41) is 14.5. The van der Waals surface area contributed by atoms with Crippen molar-refractivity contribution in [3.05, 3.63) is 35.0 Å². The predicted octanol–water partition coefficient (Wildman–Crippen LogP) is 0.647. The number of aromatic nitrogens is 2. The Morgan fingerprint density at radius 3 is 3.19 bits per heavy atom. The van der Waals surface area contributed by atoms with Crippen LogP contribution in [0.3, 0.4) is 0 Å². The molecule has 0 saturated carbocycles. The number of hydrogen-bond acceptors (Lipinski definition) is 5. The van der Waals surface area contributed by atoms with Gasteiger partial charge < -0.3 is 9.94 Å². The molecule has 6 nitrogen and oxygen atoms in total. The third-order valence-electron chi connectivity index (χ3n) is 2.02. The number of fused-ring (bicyclic) bond motifs is 1. The van der Waals surface area contributed by atoms with E-state index in [0.29, 0.717) is 15.9 Å². The first-order valence-electron chi connectivity index (χ1n) is 4.46. The van der Waals surface area contributed by atoms with Gasteiger partial charge in [-0.15, -0.1) is 0 Å². The van der Waals surface area contributed by atoms with Crippen LogP contribution in [-0.4, -0.2) is 18.2 Å². The van der Waals surface area contributed by atoms with Crippen molar-refractivity contribution in [2.24, 2.45) is 0 Å². The average molecular weight is 220 g/mol. The van der Waals surface area contributed by atoms with Gasteiger partial charge in [0.05, 0.1) is 7.11 Å². The summed E-state index contributed by atoms with van der Waals surface area (Å²) in [6.07, 6.45) is 2.85. The molecule has 16 heavy (non-hydrogen) atoms. The molecule has 0 fully saturated rings. The van der Waals surface area contributed by atoms with Crippen LogP contribution in [0.1, 0.15) is 5.56 Å². The monoisotopic (exact) mass is 220 g/mol. The molecule has 1 aromatic heterocycles. The molecule has 0 aliphatic rings. The molecule has 0 unspecified atom stereocenters. The molecule has 0 amide bonds. The Balaban J connectivity index is 2.33. The number of nitrogens with zero attached hydrogens (tertiary/aromatic N) is 2. The van der Waals surface area contributed by atoms with Gasteiger partial charge in [0, 0.05) is 17.3 Å². The highest BCUT2D eigenvalue weighted by Crippen LogP contribution is 2.11. The van der Waals surface area contributed by atoms with Crippen molar-refractivity contribution in [3.8, 4) is 0 Å². The van der Waals surface area contributed by atoms with Crippen LogP contribution in [0.15, 0.2) is 28.9 Å². The lowest BCUT2D eigenvalue weighted by Gasteiger charge is -1.91. The fraction of sp³-hybridized carbons (Fsp3) is 0.100. The molecule has 2 aromatic rings. The van der Waals surface area contributed by atoms with Gasteiger partial charge in [0.2, 0.25) is 11.0 Å². The van der Waals surface area contributed by atoms with Gasteiger partial charge in [-0.3, -0.25) is 4.63 Å². The van der Waals surface area contributed by atoms with E-state index in [1.807, 2.05) is 0 Å². The maximum atomic E-state index is 11.0. The number of benzene rings is 1. The van der Waals surface area contributed by atoms with Crippen LogP contribution < -0.4 is 4.90 Å². The molecule has 6 heteroatoms. The van der Waals surface area contributed by atoms with Crippen molar-refractivity contribution in [2.45, 2.75) is 0 Å². The summed E-state index contributed by atoms with van der Waals surface area (Å²) in [6, 6.07) is 4.87. The van der Waals surface area contributed by atoms with Crippen molar-refractivity contribution in [1.29, 1.82) is 0 Å². The molecule has 0 aliphatic carbocycles. The highest BCUT2D eigenvalue weighted by molar-refractivity contribution is 5.87. The second kappa shape index (κ2) is 4.01. The van der Waals surface area contributed by atoms with Gasteiger partial charge >= 0.3 is 5.97 Å². The Bertz CT molecular complexity index is 559. The number of hydrogen-bond donors (Lipinski definition) is 0. The molecule has 1 heterocycles. The van der Waals surface area contributed by atoms with Gasteiger partial charge in [-0.25, -0.2) is 4.79 Å². The van der Waals surface area contributed by atoms with Crippen molar-refractivity contribution in [2.75, 3.05) is 7.11 Å². The molecule has 0 N–H and O–H groups in total. The van der Waals surface area contributed by atoms with Gasteiger partial charge in [0.25, 0.3) is 0 Å². The Morgan fingerprint density at radius 2 is 2.44 bits per heavy atom. The highest BCUT2D eigenvalue weighted by Gasteiger charge is 2.08. The van der Waals surface area contributed by atoms with E-state index in [4.69, 9.17) is 0 Å². The Hall–Kier alpha value is -2.37. The van der Waals surface area contributed by atoms with Crippen LogP contribution >= 0.6 is 0 Å². The normalized spacial score (nSPS) is 11.1. The number of carbonyl (C=O) groups excluding carboxylic acids is 1. The Labute approximate surface area is 90.3 Å². The van der Waals surface area contributed by atoms with E-state index in [1.165, 1.54) is 13.2 Å². The lowest BCUT2D eigenvalue weighted by Crippen LogP contribution is -2.22. The predicted molar refractivity (Wildman–Crippen MR) is 54.0 cm³/mol. The highest BCUT2D eigenvalue weighted by atomic mass is 16.8. The molecule has 0 saturated heterocycles. The molecule has 0 spiro atoms. The van der Waals surface area contributed by atoms with E-state index in [9.17, 15) is 10.0 Å². The first-order chi connectivity index (χ1) is 7.70. The minimum Gasteiger partial charge on any atom is -0.466 e. The number of ether oxygens (including phenoxy) is 1. The zero-order valence-electron chi connectivity index (χ0n) is 8.41. The fourth-order valence-electron chi connectivity index (χ4n) is 1.23. The summed E-state index contributed by atoms with van der Waals surface area (Å²) in [5.74, 6) is -0.445. The van der Waals surface area contributed by atoms with Crippen LogP contribution in [0.5, 0.6) is 0 Å². The summed E-state index contributed by atoms with van der Waals surface area (Å²) in [6.45, 7) is 0. The second-order valence-corrected chi connectivity index (χ2v) is 3.03. The second-order valence-electron chi connectivity index (χ2n) is 3.03. The van der Waals surface area contributed by atoms with Crippen LogP contribution in [0.4, 0.5) is 0 Å². The standard InChI is InChI=1S/C10H8N2O4/c1-15-10(13)5-3-7-2-4-9-8(6-7)11-16-12(9)14/h2-6H,1H3/b5-3+. The van der Waals surface area contributed by atoms with Gasteiger partial charge in [0.15, 0.2) is 0 Å². The first-order valence-corrected chi connectivity index (χ1v) is 4.46. The van der Waals surface area contributed by atoms with Crippen LogP contribution in [0, 0.1) is 5.21 Å². The lowest BCUT2D eigenvalue weighted by molar-refractivity contribution is -0.782. The van der Waals surface area contributed by atoms with Crippen LogP contribution in [0.2, 0.25) is 0 Å². The summed E-state index contributed by atoms with van der Waals surface area (Å²) >= 11 is 0. The van der Waals surface area contributed by atoms with E-state index in [2.05, 4.69) is 14.5 Å². The van der Waals surface area contributed by atoms with E-state index in [-0.39, 0.29) is 0 Å².